The minimum atomic E-state index is -0.790. The van der Waals surface area contributed by atoms with Crippen LogP contribution in [0.1, 0.15) is 21.0 Å². The maximum absolute atomic E-state index is 12.7. The molecule has 0 aromatic carbocycles. The van der Waals surface area contributed by atoms with Gasteiger partial charge in [-0.05, 0) is 44.0 Å². The number of nitrogens with zero attached hydrogens (tertiary/aromatic N) is 2. The van der Waals surface area contributed by atoms with Crippen molar-refractivity contribution < 1.29 is 14.7 Å². The number of hydrogen-bond donors (Lipinski definition) is 1. The quantitative estimate of drug-likeness (QED) is 0.781. The molecule has 2 saturated heterocycles. The lowest BCUT2D eigenvalue weighted by Gasteiger charge is -2.25. The first kappa shape index (κ1) is 17.8. The van der Waals surface area contributed by atoms with Crippen LogP contribution in [0.2, 0.25) is 0 Å². The van der Waals surface area contributed by atoms with E-state index in [1.165, 1.54) is 11.3 Å². The summed E-state index contributed by atoms with van der Waals surface area (Å²) in [6, 6.07) is 3.79. The summed E-state index contributed by atoms with van der Waals surface area (Å²) in [5.41, 5.74) is -0.790. The molecule has 2 aliphatic rings. The van der Waals surface area contributed by atoms with E-state index in [0.717, 1.165) is 30.1 Å². The number of carboxylic acid groups (broad SMARTS) is 1. The van der Waals surface area contributed by atoms with Crippen LogP contribution in [0.4, 0.5) is 0 Å². The molecule has 1 aromatic rings. The minimum absolute atomic E-state index is 0.0166. The van der Waals surface area contributed by atoms with Crippen molar-refractivity contribution in [2.24, 2.45) is 11.3 Å². The molecule has 1 amide bonds. The van der Waals surface area contributed by atoms with Gasteiger partial charge in [0.25, 0.3) is 5.91 Å². The van der Waals surface area contributed by atoms with Gasteiger partial charge < -0.3 is 14.9 Å². The molecule has 0 spiro atoms. The zero-order valence-corrected chi connectivity index (χ0v) is 15.8. The van der Waals surface area contributed by atoms with E-state index in [-0.39, 0.29) is 11.8 Å². The van der Waals surface area contributed by atoms with Gasteiger partial charge in [-0.3, -0.25) is 9.59 Å². The second-order valence-electron chi connectivity index (χ2n) is 6.84. The summed E-state index contributed by atoms with van der Waals surface area (Å²) in [7, 11) is 0. The Morgan fingerprint density at radius 2 is 2.17 bits per heavy atom. The lowest BCUT2D eigenvalue weighted by molar-refractivity contribution is -0.148. The van der Waals surface area contributed by atoms with Gasteiger partial charge in [-0.2, -0.15) is 11.8 Å². The second-order valence-corrected chi connectivity index (χ2v) is 9.11. The molecule has 0 bridgehead atoms. The number of hydrogen-bond acceptors (Lipinski definition) is 5. The van der Waals surface area contributed by atoms with Gasteiger partial charge in [-0.1, -0.05) is 0 Å². The summed E-state index contributed by atoms with van der Waals surface area (Å²) < 4.78 is 0. The van der Waals surface area contributed by atoms with Crippen LogP contribution in [0.3, 0.4) is 0 Å². The lowest BCUT2D eigenvalue weighted by Crippen LogP contribution is -2.42. The zero-order valence-electron chi connectivity index (χ0n) is 14.2. The summed E-state index contributed by atoms with van der Waals surface area (Å²) in [6.45, 7) is 5.17. The van der Waals surface area contributed by atoms with Crippen LogP contribution in [-0.4, -0.2) is 71.5 Å². The molecule has 5 nitrogen and oxygen atoms in total. The van der Waals surface area contributed by atoms with Crippen molar-refractivity contribution >= 4 is 35.0 Å². The topological polar surface area (TPSA) is 60.9 Å². The Kier molecular flexibility index (Phi) is 5.22. The number of likely N-dealkylation sites (tertiary alicyclic amines) is 2. The Balaban J connectivity index is 1.69. The Morgan fingerprint density at radius 3 is 2.75 bits per heavy atom. The monoisotopic (exact) mass is 368 g/mol. The fourth-order valence-electron chi connectivity index (χ4n) is 3.93. The predicted octanol–water partition coefficient (Wildman–Crippen LogP) is 2.27. The van der Waals surface area contributed by atoms with Crippen molar-refractivity contribution in [1.82, 2.24) is 9.80 Å². The molecule has 0 radical (unpaired) electrons. The number of amides is 1. The van der Waals surface area contributed by atoms with Crippen molar-refractivity contribution in [2.75, 3.05) is 44.7 Å². The van der Waals surface area contributed by atoms with Crippen molar-refractivity contribution in [3.8, 4) is 0 Å². The third-order valence-electron chi connectivity index (χ3n) is 5.17. The molecule has 132 valence electrons. The first-order valence-corrected chi connectivity index (χ1v) is 10.5. The number of carbonyl (C=O) groups is 2. The van der Waals surface area contributed by atoms with E-state index in [9.17, 15) is 14.7 Å². The van der Waals surface area contributed by atoms with Crippen molar-refractivity contribution in [3.05, 3.63) is 21.9 Å². The molecule has 0 unspecified atom stereocenters. The lowest BCUT2D eigenvalue weighted by atomic mass is 9.81. The second kappa shape index (κ2) is 7.06. The van der Waals surface area contributed by atoms with Crippen LogP contribution < -0.4 is 0 Å². The summed E-state index contributed by atoms with van der Waals surface area (Å²) in [5.74, 6) is 0.368. The molecule has 1 N–H and O–H groups in total. The summed E-state index contributed by atoms with van der Waals surface area (Å²) in [5, 5.41) is 9.87. The molecule has 3 heterocycles. The van der Waals surface area contributed by atoms with Gasteiger partial charge in [-0.25, -0.2) is 0 Å². The molecule has 2 atom stereocenters. The van der Waals surface area contributed by atoms with E-state index in [0.29, 0.717) is 24.5 Å². The fraction of sp³-hybridized carbons (Fsp3) is 0.647. The molecule has 1 aromatic heterocycles. The highest BCUT2D eigenvalue weighted by Crippen LogP contribution is 2.43. The van der Waals surface area contributed by atoms with Crippen LogP contribution in [0.15, 0.2) is 12.1 Å². The van der Waals surface area contributed by atoms with E-state index in [2.05, 4.69) is 11.2 Å². The smallest absolute Gasteiger partial charge is 0.313 e. The number of thioether (sulfide) groups is 1. The first-order valence-electron chi connectivity index (χ1n) is 8.26. The molecule has 0 aliphatic carbocycles. The maximum atomic E-state index is 12.7. The molecule has 2 aliphatic heterocycles. The average molecular weight is 369 g/mol. The van der Waals surface area contributed by atoms with Crippen molar-refractivity contribution in [2.45, 2.75) is 13.3 Å². The van der Waals surface area contributed by atoms with Gasteiger partial charge in [0.05, 0.1) is 4.88 Å². The first-order chi connectivity index (χ1) is 11.5. The van der Waals surface area contributed by atoms with Crippen LogP contribution in [0.25, 0.3) is 0 Å². The number of aliphatic carboxylic acids is 1. The summed E-state index contributed by atoms with van der Waals surface area (Å²) in [4.78, 5) is 30.5. The molecule has 2 fully saturated rings. The van der Waals surface area contributed by atoms with Crippen LogP contribution in [0, 0.1) is 18.3 Å². The van der Waals surface area contributed by atoms with E-state index >= 15 is 0 Å². The SMILES string of the molecule is CSCCCN1C[C@H]2CN(C(=O)c3ccc(C)s3)C[C@@]2(C(=O)O)C1. The van der Waals surface area contributed by atoms with Crippen LogP contribution in [0.5, 0.6) is 0 Å². The third-order valence-corrected chi connectivity index (χ3v) is 6.85. The van der Waals surface area contributed by atoms with Gasteiger partial charge in [0.1, 0.15) is 5.41 Å². The maximum Gasteiger partial charge on any atom is 0.313 e. The standard InChI is InChI=1S/C17H24N2O3S2/c1-12-4-5-14(24-12)15(20)19-9-13-8-18(6-3-7-23-2)10-17(13,11-19)16(21)22/h4-5,13H,3,6-11H2,1-2H3,(H,21,22)/t13-,17-/m0/s1. The Bertz CT molecular complexity index is 633. The number of carbonyl (C=O) groups excluding carboxylic acids is 1. The molecular formula is C17H24N2O3S2. The molecule has 3 rings (SSSR count). The van der Waals surface area contributed by atoms with Gasteiger partial charge in [-0.15, -0.1) is 11.3 Å². The van der Waals surface area contributed by atoms with Crippen LogP contribution in [-0.2, 0) is 4.79 Å². The average Bonchev–Trinajstić information content (AvgIpc) is 3.19. The van der Waals surface area contributed by atoms with Crippen LogP contribution >= 0.6 is 23.1 Å². The van der Waals surface area contributed by atoms with E-state index in [1.54, 1.807) is 4.90 Å². The van der Waals surface area contributed by atoms with Crippen molar-refractivity contribution in [1.29, 1.82) is 0 Å². The van der Waals surface area contributed by atoms with Gasteiger partial charge >= 0.3 is 5.97 Å². The van der Waals surface area contributed by atoms with Crippen molar-refractivity contribution in [3.63, 3.8) is 0 Å². The summed E-state index contributed by atoms with van der Waals surface area (Å²) >= 11 is 3.30. The molecule has 24 heavy (non-hydrogen) atoms. The Labute approximate surface area is 151 Å². The van der Waals surface area contributed by atoms with E-state index in [1.807, 2.05) is 30.8 Å². The normalized spacial score (nSPS) is 26.8. The molecule has 7 heteroatoms. The highest BCUT2D eigenvalue weighted by atomic mass is 32.2. The fourth-order valence-corrected chi connectivity index (χ4v) is 5.19. The highest BCUT2D eigenvalue weighted by molar-refractivity contribution is 7.98. The van der Waals surface area contributed by atoms with Gasteiger partial charge in [0.15, 0.2) is 0 Å². The predicted molar refractivity (Wildman–Crippen MR) is 98.0 cm³/mol. The van der Waals surface area contributed by atoms with Gasteiger partial charge in [0.2, 0.25) is 0 Å². The van der Waals surface area contributed by atoms with E-state index < -0.39 is 11.4 Å². The summed E-state index contributed by atoms with van der Waals surface area (Å²) in [6.07, 6.45) is 3.17. The number of aryl methyl sites for hydroxylation is 1. The molecular weight excluding hydrogens is 344 g/mol. The number of thiophene rings is 1. The highest BCUT2D eigenvalue weighted by Gasteiger charge is 2.58. The largest absolute Gasteiger partial charge is 0.481 e. The third kappa shape index (κ3) is 3.21. The zero-order chi connectivity index (χ0) is 17.3. The Hall–Kier alpha value is -1.05. The van der Waals surface area contributed by atoms with Gasteiger partial charge in [0, 0.05) is 37.0 Å². The number of fused-ring (bicyclic) bond motifs is 1. The van der Waals surface area contributed by atoms with E-state index in [4.69, 9.17) is 0 Å². The Morgan fingerprint density at radius 1 is 1.38 bits per heavy atom. The minimum Gasteiger partial charge on any atom is -0.481 e. The number of rotatable bonds is 6. The number of carboxylic acids is 1. The molecule has 0 saturated carbocycles.